The molecule has 4 nitrogen and oxygen atoms in total. The Kier molecular flexibility index (Phi) is 5.06. The molecule has 0 saturated carbocycles. The van der Waals surface area contributed by atoms with Crippen molar-refractivity contribution in [1.29, 1.82) is 0 Å². The summed E-state index contributed by atoms with van der Waals surface area (Å²) in [4.78, 5) is 16.5. The van der Waals surface area contributed by atoms with Crippen molar-refractivity contribution in [3.8, 4) is 5.75 Å². The lowest BCUT2D eigenvalue weighted by atomic mass is 10.0. The van der Waals surface area contributed by atoms with Crippen LogP contribution in [0.15, 0.2) is 42.7 Å². The minimum Gasteiger partial charge on any atom is -0.489 e. The zero-order valence-electron chi connectivity index (χ0n) is 12.4. The van der Waals surface area contributed by atoms with E-state index in [9.17, 15) is 4.79 Å². The van der Waals surface area contributed by atoms with Crippen LogP contribution in [0.1, 0.15) is 35.3 Å². The molecule has 110 valence electrons. The summed E-state index contributed by atoms with van der Waals surface area (Å²) >= 11 is 0. The van der Waals surface area contributed by atoms with E-state index in [1.54, 1.807) is 18.5 Å². The zero-order chi connectivity index (χ0) is 15.2. The van der Waals surface area contributed by atoms with Crippen molar-refractivity contribution in [1.82, 2.24) is 4.98 Å². The Bertz CT molecular complexity index is 606. The highest BCUT2D eigenvalue weighted by Crippen LogP contribution is 2.17. The van der Waals surface area contributed by atoms with Gasteiger partial charge in [-0.3, -0.25) is 9.78 Å². The lowest BCUT2D eigenvalue weighted by Gasteiger charge is -2.10. The first-order valence-corrected chi connectivity index (χ1v) is 7.05. The highest BCUT2D eigenvalue weighted by atomic mass is 16.5. The van der Waals surface area contributed by atoms with Gasteiger partial charge in [0.15, 0.2) is 5.78 Å². The number of benzene rings is 1. The molecule has 0 saturated heterocycles. The molecular weight excluding hydrogens is 264 g/mol. The normalized spacial score (nSPS) is 10.7. The van der Waals surface area contributed by atoms with Crippen LogP contribution in [-0.4, -0.2) is 23.4 Å². The van der Waals surface area contributed by atoms with Crippen LogP contribution in [-0.2, 0) is 6.42 Å². The molecule has 0 unspecified atom stereocenters. The molecular formula is C17H20N2O2. The molecule has 2 aromatic rings. The molecule has 2 N–H and O–H groups in total. The Morgan fingerprint density at radius 2 is 1.90 bits per heavy atom. The topological polar surface area (TPSA) is 65.2 Å². The second-order valence-corrected chi connectivity index (χ2v) is 5.14. The summed E-state index contributed by atoms with van der Waals surface area (Å²) in [6.07, 6.45) is 4.03. The average molecular weight is 284 g/mol. The first-order chi connectivity index (χ1) is 10.1. The first-order valence-electron chi connectivity index (χ1n) is 7.05. The Hall–Kier alpha value is -2.20. The lowest BCUT2D eigenvalue weighted by molar-refractivity contribution is 0.103. The van der Waals surface area contributed by atoms with E-state index in [4.69, 9.17) is 10.5 Å². The van der Waals surface area contributed by atoms with Gasteiger partial charge in [-0.1, -0.05) is 24.3 Å². The fraction of sp³-hybridized carbons (Fsp3) is 0.294. The molecule has 1 heterocycles. The number of ketones is 1. The summed E-state index contributed by atoms with van der Waals surface area (Å²) in [5.74, 6) is 0.548. The van der Waals surface area contributed by atoms with Gasteiger partial charge in [0.1, 0.15) is 5.75 Å². The largest absolute Gasteiger partial charge is 0.489 e. The highest BCUT2D eigenvalue weighted by molar-refractivity contribution is 6.08. The third-order valence-corrected chi connectivity index (χ3v) is 3.00. The second-order valence-electron chi connectivity index (χ2n) is 5.14. The Morgan fingerprint density at radius 3 is 2.52 bits per heavy atom. The molecule has 4 heteroatoms. The number of hydrogen-bond donors (Lipinski definition) is 1. The van der Waals surface area contributed by atoms with Gasteiger partial charge in [0, 0.05) is 17.3 Å². The van der Waals surface area contributed by atoms with Crippen molar-refractivity contribution in [2.45, 2.75) is 26.4 Å². The number of nitrogens with zero attached hydrogens (tertiary/aromatic N) is 1. The van der Waals surface area contributed by atoms with Crippen LogP contribution in [0.4, 0.5) is 0 Å². The first kappa shape index (κ1) is 15.2. The maximum absolute atomic E-state index is 12.4. The van der Waals surface area contributed by atoms with Crippen molar-refractivity contribution in [3.05, 3.63) is 59.4 Å². The molecule has 21 heavy (non-hydrogen) atoms. The summed E-state index contributed by atoms with van der Waals surface area (Å²) in [6.45, 7) is 4.47. The Balaban J connectivity index is 2.19. The van der Waals surface area contributed by atoms with E-state index in [1.807, 2.05) is 38.1 Å². The maximum Gasteiger partial charge on any atom is 0.194 e. The van der Waals surface area contributed by atoms with Crippen LogP contribution in [0.3, 0.4) is 0 Å². The molecule has 0 aliphatic heterocycles. The third kappa shape index (κ3) is 4.13. The van der Waals surface area contributed by atoms with Crippen LogP contribution in [0, 0.1) is 0 Å². The Morgan fingerprint density at radius 1 is 1.19 bits per heavy atom. The lowest BCUT2D eigenvalue weighted by Crippen LogP contribution is -2.08. The summed E-state index contributed by atoms with van der Waals surface area (Å²) in [5.41, 5.74) is 7.81. The maximum atomic E-state index is 12.4. The number of aromatic nitrogens is 1. The fourth-order valence-electron chi connectivity index (χ4n) is 2.04. The predicted octanol–water partition coefficient (Wildman–Crippen LogP) is 2.60. The molecule has 0 aliphatic carbocycles. The van der Waals surface area contributed by atoms with Crippen molar-refractivity contribution < 1.29 is 9.53 Å². The second kappa shape index (κ2) is 6.99. The van der Waals surface area contributed by atoms with Gasteiger partial charge in [-0.2, -0.15) is 0 Å². The van der Waals surface area contributed by atoms with Gasteiger partial charge in [-0.15, -0.1) is 0 Å². The number of nitrogens with two attached hydrogens (primary N) is 1. The quantitative estimate of drug-likeness (QED) is 0.828. The van der Waals surface area contributed by atoms with E-state index in [2.05, 4.69) is 4.98 Å². The van der Waals surface area contributed by atoms with Crippen LogP contribution in [0.25, 0.3) is 0 Å². The summed E-state index contributed by atoms with van der Waals surface area (Å²) in [5, 5.41) is 0. The van der Waals surface area contributed by atoms with Crippen LogP contribution < -0.4 is 10.5 Å². The molecule has 0 aliphatic rings. The third-order valence-electron chi connectivity index (χ3n) is 3.00. The molecule has 1 aromatic heterocycles. The summed E-state index contributed by atoms with van der Waals surface area (Å²) in [7, 11) is 0. The van der Waals surface area contributed by atoms with Gasteiger partial charge < -0.3 is 10.5 Å². The highest BCUT2D eigenvalue weighted by Gasteiger charge is 2.11. The number of carbonyl (C=O) groups is 1. The van der Waals surface area contributed by atoms with Gasteiger partial charge in [0.2, 0.25) is 0 Å². The van der Waals surface area contributed by atoms with E-state index in [0.717, 1.165) is 12.0 Å². The minimum absolute atomic E-state index is 0.0488. The van der Waals surface area contributed by atoms with E-state index in [1.165, 1.54) is 0 Å². The summed E-state index contributed by atoms with van der Waals surface area (Å²) < 4.78 is 5.56. The van der Waals surface area contributed by atoms with E-state index in [-0.39, 0.29) is 11.9 Å². The molecule has 0 radical (unpaired) electrons. The molecule has 0 atom stereocenters. The summed E-state index contributed by atoms with van der Waals surface area (Å²) in [6, 6.07) is 9.24. The Labute approximate surface area is 125 Å². The van der Waals surface area contributed by atoms with Crippen molar-refractivity contribution in [2.24, 2.45) is 5.73 Å². The van der Waals surface area contributed by atoms with E-state index in [0.29, 0.717) is 23.4 Å². The van der Waals surface area contributed by atoms with Gasteiger partial charge in [0.25, 0.3) is 0 Å². The van der Waals surface area contributed by atoms with Crippen molar-refractivity contribution in [2.75, 3.05) is 6.54 Å². The molecule has 1 aromatic carbocycles. The van der Waals surface area contributed by atoms with Crippen LogP contribution in [0.2, 0.25) is 0 Å². The van der Waals surface area contributed by atoms with Crippen LogP contribution in [0.5, 0.6) is 5.75 Å². The van der Waals surface area contributed by atoms with Gasteiger partial charge in [0.05, 0.1) is 12.3 Å². The van der Waals surface area contributed by atoms with Crippen molar-refractivity contribution >= 4 is 5.78 Å². The number of rotatable bonds is 6. The minimum atomic E-state index is -0.0593. The monoisotopic (exact) mass is 284 g/mol. The van der Waals surface area contributed by atoms with Crippen LogP contribution >= 0.6 is 0 Å². The number of pyridine rings is 1. The number of carbonyl (C=O) groups excluding carboxylic acids is 1. The van der Waals surface area contributed by atoms with Gasteiger partial charge in [-0.25, -0.2) is 0 Å². The molecule has 0 fully saturated rings. The molecule has 0 spiro atoms. The molecule has 0 bridgehead atoms. The smallest absolute Gasteiger partial charge is 0.194 e. The number of hydrogen-bond acceptors (Lipinski definition) is 4. The van der Waals surface area contributed by atoms with Gasteiger partial charge >= 0.3 is 0 Å². The number of ether oxygens (including phenoxy) is 1. The fourth-order valence-corrected chi connectivity index (χ4v) is 2.04. The van der Waals surface area contributed by atoms with Gasteiger partial charge in [-0.05, 0) is 38.4 Å². The van der Waals surface area contributed by atoms with Crippen molar-refractivity contribution in [3.63, 3.8) is 0 Å². The standard InChI is InChI=1S/C17H20N2O2/c1-12(2)21-16-9-15(10-19-11-16)17(20)14-5-3-13(4-6-14)7-8-18/h3-6,9-12H,7-8,18H2,1-2H3. The zero-order valence-corrected chi connectivity index (χ0v) is 12.4. The average Bonchev–Trinajstić information content (AvgIpc) is 2.47. The van der Waals surface area contributed by atoms with E-state index >= 15 is 0 Å². The van der Waals surface area contributed by atoms with E-state index < -0.39 is 0 Å². The SMILES string of the molecule is CC(C)Oc1cncc(C(=O)c2ccc(CCN)cc2)c1. The predicted molar refractivity (Wildman–Crippen MR) is 82.6 cm³/mol. The molecule has 2 rings (SSSR count). The molecule has 0 amide bonds.